The SMILES string of the molecule is CC(C)(C)OCc1ccc(C(=O)O)cc1Cl. The first-order valence-corrected chi connectivity index (χ1v) is 5.33. The van der Waals surface area contributed by atoms with Crippen molar-refractivity contribution in [1.82, 2.24) is 0 Å². The van der Waals surface area contributed by atoms with Gasteiger partial charge in [0.1, 0.15) is 0 Å². The Labute approximate surface area is 100.0 Å². The van der Waals surface area contributed by atoms with Crippen LogP contribution in [0.4, 0.5) is 0 Å². The molecule has 0 aliphatic carbocycles. The predicted molar refractivity (Wildman–Crippen MR) is 63.0 cm³/mol. The van der Waals surface area contributed by atoms with E-state index in [2.05, 4.69) is 0 Å². The number of halogens is 1. The van der Waals surface area contributed by atoms with Gasteiger partial charge < -0.3 is 9.84 Å². The summed E-state index contributed by atoms with van der Waals surface area (Å²) in [6.45, 7) is 6.23. The van der Waals surface area contributed by atoms with Gasteiger partial charge >= 0.3 is 5.97 Å². The maximum absolute atomic E-state index is 10.7. The fourth-order valence-electron chi connectivity index (χ4n) is 1.09. The minimum absolute atomic E-state index is 0.185. The molecule has 1 N–H and O–H groups in total. The molecule has 0 amide bonds. The third kappa shape index (κ3) is 3.83. The number of aromatic carboxylic acids is 1. The van der Waals surface area contributed by atoms with Gasteiger partial charge in [0, 0.05) is 5.02 Å². The van der Waals surface area contributed by atoms with Gasteiger partial charge in [-0.25, -0.2) is 4.79 Å². The van der Waals surface area contributed by atoms with Gasteiger partial charge in [-0.05, 0) is 38.5 Å². The van der Waals surface area contributed by atoms with Gasteiger partial charge in [-0.3, -0.25) is 0 Å². The molecule has 0 spiro atoms. The van der Waals surface area contributed by atoms with Gasteiger partial charge in [0.15, 0.2) is 0 Å². The minimum atomic E-state index is -0.981. The van der Waals surface area contributed by atoms with Crippen LogP contribution in [0.15, 0.2) is 18.2 Å². The van der Waals surface area contributed by atoms with Crippen LogP contribution in [0.25, 0.3) is 0 Å². The number of benzene rings is 1. The standard InChI is InChI=1S/C12H15ClO3/c1-12(2,3)16-7-9-5-4-8(11(14)15)6-10(9)13/h4-6H,7H2,1-3H3,(H,14,15). The van der Waals surface area contributed by atoms with Crippen molar-refractivity contribution in [2.75, 3.05) is 0 Å². The Hall–Kier alpha value is -1.06. The molecular weight excluding hydrogens is 228 g/mol. The fraction of sp³-hybridized carbons (Fsp3) is 0.417. The molecule has 0 atom stereocenters. The minimum Gasteiger partial charge on any atom is -0.478 e. The molecule has 3 nitrogen and oxygen atoms in total. The monoisotopic (exact) mass is 242 g/mol. The lowest BCUT2D eigenvalue weighted by Crippen LogP contribution is -2.18. The van der Waals surface area contributed by atoms with E-state index in [4.69, 9.17) is 21.4 Å². The molecule has 0 radical (unpaired) electrons. The fourth-order valence-corrected chi connectivity index (χ4v) is 1.33. The highest BCUT2D eigenvalue weighted by Crippen LogP contribution is 2.21. The van der Waals surface area contributed by atoms with Crippen molar-refractivity contribution in [1.29, 1.82) is 0 Å². The molecule has 4 heteroatoms. The van der Waals surface area contributed by atoms with E-state index in [-0.39, 0.29) is 11.2 Å². The van der Waals surface area contributed by atoms with Crippen molar-refractivity contribution >= 4 is 17.6 Å². The van der Waals surface area contributed by atoms with Crippen LogP contribution in [-0.2, 0) is 11.3 Å². The summed E-state index contributed by atoms with van der Waals surface area (Å²) in [7, 11) is 0. The average molecular weight is 243 g/mol. The van der Waals surface area contributed by atoms with Gasteiger partial charge in [0.05, 0.1) is 17.8 Å². The van der Waals surface area contributed by atoms with Gasteiger partial charge in [-0.1, -0.05) is 17.7 Å². The van der Waals surface area contributed by atoms with Crippen molar-refractivity contribution in [2.45, 2.75) is 33.0 Å². The number of rotatable bonds is 3. The summed E-state index contributed by atoms with van der Waals surface area (Å²) in [5, 5.41) is 9.19. The van der Waals surface area contributed by atoms with Crippen LogP contribution in [-0.4, -0.2) is 16.7 Å². The smallest absolute Gasteiger partial charge is 0.335 e. The first-order chi connectivity index (χ1) is 7.29. The molecule has 0 fully saturated rings. The Morgan fingerprint density at radius 2 is 2.06 bits per heavy atom. The number of carboxylic acids is 1. The van der Waals surface area contributed by atoms with Crippen molar-refractivity contribution in [3.05, 3.63) is 34.3 Å². The molecule has 0 aliphatic heterocycles. The molecule has 0 unspecified atom stereocenters. The maximum atomic E-state index is 10.7. The van der Waals surface area contributed by atoms with Gasteiger partial charge in [-0.2, -0.15) is 0 Å². The number of hydrogen-bond acceptors (Lipinski definition) is 2. The second-order valence-electron chi connectivity index (χ2n) is 4.51. The van der Waals surface area contributed by atoms with Crippen LogP contribution in [0, 0.1) is 0 Å². The molecule has 1 rings (SSSR count). The summed E-state index contributed by atoms with van der Waals surface area (Å²) in [4.78, 5) is 10.7. The number of carbonyl (C=O) groups is 1. The maximum Gasteiger partial charge on any atom is 0.335 e. The highest BCUT2D eigenvalue weighted by molar-refractivity contribution is 6.31. The number of ether oxygens (including phenoxy) is 1. The molecule has 1 aromatic rings. The molecule has 0 bridgehead atoms. The van der Waals surface area contributed by atoms with Crippen LogP contribution in [0.3, 0.4) is 0 Å². The Morgan fingerprint density at radius 1 is 1.44 bits per heavy atom. The second-order valence-corrected chi connectivity index (χ2v) is 4.92. The molecule has 16 heavy (non-hydrogen) atoms. The first-order valence-electron chi connectivity index (χ1n) is 4.95. The van der Waals surface area contributed by atoms with Crippen LogP contribution in [0.2, 0.25) is 5.02 Å². The Bertz CT molecular complexity index is 394. The molecule has 0 aliphatic rings. The number of hydrogen-bond donors (Lipinski definition) is 1. The van der Waals surface area contributed by atoms with E-state index < -0.39 is 5.97 Å². The quantitative estimate of drug-likeness (QED) is 0.884. The van der Waals surface area contributed by atoms with E-state index in [1.807, 2.05) is 20.8 Å². The van der Waals surface area contributed by atoms with E-state index in [0.29, 0.717) is 11.6 Å². The average Bonchev–Trinajstić information content (AvgIpc) is 2.14. The van der Waals surface area contributed by atoms with Crippen LogP contribution < -0.4 is 0 Å². The van der Waals surface area contributed by atoms with E-state index in [1.165, 1.54) is 12.1 Å². The van der Waals surface area contributed by atoms with Crippen LogP contribution in [0.1, 0.15) is 36.7 Å². The van der Waals surface area contributed by atoms with Crippen molar-refractivity contribution < 1.29 is 14.6 Å². The van der Waals surface area contributed by atoms with Crippen molar-refractivity contribution in [2.24, 2.45) is 0 Å². The lowest BCUT2D eigenvalue weighted by atomic mass is 10.1. The normalized spacial score (nSPS) is 11.5. The summed E-state index contributed by atoms with van der Waals surface area (Å²) in [6.07, 6.45) is 0. The van der Waals surface area contributed by atoms with Gasteiger partial charge in [0.25, 0.3) is 0 Å². The molecule has 0 saturated carbocycles. The Morgan fingerprint density at radius 3 is 2.50 bits per heavy atom. The van der Waals surface area contributed by atoms with Crippen LogP contribution in [0.5, 0.6) is 0 Å². The first kappa shape index (κ1) is 13.0. The summed E-state index contributed by atoms with van der Waals surface area (Å²) >= 11 is 5.96. The third-order valence-corrected chi connectivity index (χ3v) is 2.31. The highest BCUT2D eigenvalue weighted by Gasteiger charge is 2.12. The lowest BCUT2D eigenvalue weighted by Gasteiger charge is -2.20. The highest BCUT2D eigenvalue weighted by atomic mass is 35.5. The topological polar surface area (TPSA) is 46.5 Å². The van der Waals surface area contributed by atoms with E-state index in [1.54, 1.807) is 6.07 Å². The second kappa shape index (κ2) is 4.85. The Kier molecular flexibility index (Phi) is 3.94. The zero-order valence-electron chi connectivity index (χ0n) is 9.58. The molecule has 0 heterocycles. The molecule has 0 aromatic heterocycles. The van der Waals surface area contributed by atoms with Gasteiger partial charge in [0.2, 0.25) is 0 Å². The Balaban J connectivity index is 2.80. The van der Waals surface area contributed by atoms with E-state index in [9.17, 15) is 4.79 Å². The van der Waals surface area contributed by atoms with Gasteiger partial charge in [-0.15, -0.1) is 0 Å². The van der Waals surface area contributed by atoms with Crippen LogP contribution >= 0.6 is 11.6 Å². The number of carboxylic acid groups (broad SMARTS) is 1. The molecule has 0 saturated heterocycles. The van der Waals surface area contributed by atoms with Crippen molar-refractivity contribution in [3.63, 3.8) is 0 Å². The summed E-state index contributed by atoms with van der Waals surface area (Å²) in [5.74, 6) is -0.981. The molecular formula is C12H15ClO3. The predicted octanol–water partition coefficient (Wildman–Crippen LogP) is 3.35. The zero-order valence-corrected chi connectivity index (χ0v) is 10.3. The molecule has 88 valence electrons. The summed E-state index contributed by atoms with van der Waals surface area (Å²) < 4.78 is 5.56. The summed E-state index contributed by atoms with van der Waals surface area (Å²) in [5.41, 5.74) is 0.737. The van der Waals surface area contributed by atoms with E-state index in [0.717, 1.165) is 5.56 Å². The largest absolute Gasteiger partial charge is 0.478 e. The molecule has 1 aromatic carbocycles. The third-order valence-electron chi connectivity index (χ3n) is 1.96. The van der Waals surface area contributed by atoms with E-state index >= 15 is 0 Å². The zero-order chi connectivity index (χ0) is 12.3. The lowest BCUT2D eigenvalue weighted by molar-refractivity contribution is -0.0149. The van der Waals surface area contributed by atoms with Crippen molar-refractivity contribution in [3.8, 4) is 0 Å². The summed E-state index contributed by atoms with van der Waals surface area (Å²) in [6, 6.07) is 4.64.